The van der Waals surface area contributed by atoms with Crippen LogP contribution in [0.15, 0.2) is 0 Å². The second-order valence-corrected chi connectivity index (χ2v) is 5.46. The molecule has 0 radical (unpaired) electrons. The molecular formula is C6H10NO9P. The molecule has 3 rings (SSSR count). The average molecular weight is 271 g/mol. The van der Waals surface area contributed by atoms with Crippen molar-refractivity contribution < 1.29 is 43.3 Å². The lowest BCUT2D eigenvalue weighted by molar-refractivity contribution is -0.482. The number of ether oxygens (including phenoxy) is 1. The van der Waals surface area contributed by atoms with Crippen LogP contribution in [0.3, 0.4) is 0 Å². The summed E-state index contributed by atoms with van der Waals surface area (Å²) < 4.78 is 30.1. The third kappa shape index (κ3) is 1.09. The van der Waals surface area contributed by atoms with Crippen LogP contribution in [0.4, 0.5) is 0 Å². The Morgan fingerprint density at radius 3 is 2.47 bits per heavy atom. The van der Waals surface area contributed by atoms with E-state index >= 15 is 0 Å². The van der Waals surface area contributed by atoms with Gasteiger partial charge in [0.2, 0.25) is 0 Å². The van der Waals surface area contributed by atoms with Crippen LogP contribution in [-0.2, 0) is 22.9 Å². The number of phosphoric ester groups is 1. The molecule has 0 amide bonds. The number of rotatable bonds is 1. The quantitative estimate of drug-likeness (QED) is 0.309. The van der Waals surface area contributed by atoms with Crippen molar-refractivity contribution in [3.05, 3.63) is 0 Å². The van der Waals surface area contributed by atoms with Crippen LogP contribution in [-0.4, -0.2) is 56.7 Å². The Labute approximate surface area is 94.1 Å². The minimum Gasteiger partial charge on any atom is -0.394 e. The summed E-state index contributed by atoms with van der Waals surface area (Å²) in [6, 6.07) is 0. The van der Waals surface area contributed by atoms with Gasteiger partial charge in [-0.3, -0.25) is 5.73 Å². The molecule has 0 aromatic heterocycles. The number of phosphoric acid groups is 1. The first kappa shape index (κ1) is 11.9. The standard InChI is InChI=1S/C6H10NO9P/c7-5-4(10)3(9)2(1-8)13-6(5,11)16-17(12,14-4)15-5/h2-3,8-11H,1,7H2/t2-,3-,4-,5-,6?,17?/m1/s1. The van der Waals surface area contributed by atoms with E-state index in [1.54, 1.807) is 0 Å². The predicted octanol–water partition coefficient (Wildman–Crippen LogP) is -3.09. The lowest BCUT2D eigenvalue weighted by Gasteiger charge is -2.51. The van der Waals surface area contributed by atoms with Crippen molar-refractivity contribution in [2.75, 3.05) is 6.61 Å². The normalized spacial score (nSPS) is 65.2. The molecule has 2 unspecified atom stereocenters. The molecule has 0 saturated carbocycles. The van der Waals surface area contributed by atoms with Crippen LogP contribution in [0.2, 0.25) is 0 Å². The summed E-state index contributed by atoms with van der Waals surface area (Å²) in [6.07, 6.45) is -3.32. The lowest BCUT2D eigenvalue weighted by Crippen LogP contribution is -2.82. The van der Waals surface area contributed by atoms with Gasteiger partial charge in [0.15, 0.2) is 0 Å². The van der Waals surface area contributed by atoms with Crippen LogP contribution < -0.4 is 5.73 Å². The topological polar surface area (TPSA) is 161 Å². The van der Waals surface area contributed by atoms with E-state index < -0.39 is 44.1 Å². The number of fused-ring (bicyclic) bond motifs is 1. The highest BCUT2D eigenvalue weighted by molar-refractivity contribution is 7.49. The zero-order valence-corrected chi connectivity index (χ0v) is 9.11. The highest BCUT2D eigenvalue weighted by Crippen LogP contribution is 2.75. The monoisotopic (exact) mass is 271 g/mol. The summed E-state index contributed by atoms with van der Waals surface area (Å²) in [4.78, 5) is 0. The first-order chi connectivity index (χ1) is 7.70. The van der Waals surface area contributed by atoms with Crippen molar-refractivity contribution in [2.45, 2.75) is 29.7 Å². The molecule has 2 bridgehead atoms. The van der Waals surface area contributed by atoms with Gasteiger partial charge in [0.05, 0.1) is 6.61 Å². The highest BCUT2D eigenvalue weighted by Gasteiger charge is 2.88. The zero-order chi connectivity index (χ0) is 12.7. The first-order valence-corrected chi connectivity index (χ1v) is 6.08. The first-order valence-electron chi connectivity index (χ1n) is 4.62. The molecule has 3 saturated heterocycles. The Morgan fingerprint density at radius 2 is 1.94 bits per heavy atom. The Bertz CT molecular complexity index is 432. The fourth-order valence-electron chi connectivity index (χ4n) is 2.08. The van der Waals surface area contributed by atoms with E-state index in [0.29, 0.717) is 0 Å². The summed E-state index contributed by atoms with van der Waals surface area (Å²) in [5.41, 5.74) is 2.93. The fourth-order valence-corrected chi connectivity index (χ4v) is 3.86. The van der Waals surface area contributed by atoms with Crippen LogP contribution in [0.25, 0.3) is 0 Å². The molecule has 0 aromatic carbocycles. The maximum absolute atomic E-state index is 11.7. The van der Waals surface area contributed by atoms with Crippen LogP contribution in [0.5, 0.6) is 0 Å². The van der Waals surface area contributed by atoms with Crippen molar-refractivity contribution in [1.82, 2.24) is 0 Å². The maximum atomic E-state index is 11.7. The largest absolute Gasteiger partial charge is 0.484 e. The van der Waals surface area contributed by atoms with Gasteiger partial charge in [0.1, 0.15) is 12.2 Å². The summed E-state index contributed by atoms with van der Waals surface area (Å²) in [5, 5.41) is 38.6. The molecule has 3 aliphatic rings. The summed E-state index contributed by atoms with van der Waals surface area (Å²) >= 11 is 0. The van der Waals surface area contributed by atoms with Gasteiger partial charge in [-0.25, -0.2) is 18.1 Å². The van der Waals surface area contributed by atoms with Crippen LogP contribution in [0.1, 0.15) is 0 Å². The molecule has 3 fully saturated rings. The molecule has 0 aromatic rings. The van der Waals surface area contributed by atoms with E-state index in [9.17, 15) is 19.9 Å². The van der Waals surface area contributed by atoms with Gasteiger partial charge < -0.3 is 25.2 Å². The van der Waals surface area contributed by atoms with E-state index in [2.05, 4.69) is 13.6 Å². The van der Waals surface area contributed by atoms with E-state index in [1.165, 1.54) is 0 Å². The van der Waals surface area contributed by atoms with Gasteiger partial charge in [0.25, 0.3) is 11.5 Å². The minimum absolute atomic E-state index is 0.765. The molecule has 6 atom stereocenters. The SMILES string of the molecule is N[C@]12OP3(=O)OC1(O)O[C@H](CO)[C@@H](O)[C@@]2(O)O3. The van der Waals surface area contributed by atoms with Crippen molar-refractivity contribution >= 4 is 7.82 Å². The predicted molar refractivity (Wildman–Crippen MR) is 45.6 cm³/mol. The second kappa shape index (κ2) is 2.89. The van der Waals surface area contributed by atoms with Gasteiger partial charge in [-0.2, -0.15) is 0 Å². The number of aliphatic hydroxyl groups is 4. The molecule has 3 aliphatic heterocycles. The van der Waals surface area contributed by atoms with E-state index in [-0.39, 0.29) is 0 Å². The van der Waals surface area contributed by atoms with Gasteiger partial charge in [-0.1, -0.05) is 0 Å². The van der Waals surface area contributed by atoms with Gasteiger partial charge >= 0.3 is 13.8 Å². The van der Waals surface area contributed by atoms with E-state index in [0.717, 1.165) is 0 Å². The van der Waals surface area contributed by atoms with Gasteiger partial charge in [-0.05, 0) is 0 Å². The molecule has 17 heavy (non-hydrogen) atoms. The molecule has 11 heteroatoms. The van der Waals surface area contributed by atoms with Crippen molar-refractivity contribution in [1.29, 1.82) is 0 Å². The Morgan fingerprint density at radius 1 is 1.29 bits per heavy atom. The van der Waals surface area contributed by atoms with Gasteiger partial charge in [0, 0.05) is 0 Å². The average Bonchev–Trinajstić information content (AvgIpc) is 2.54. The number of aliphatic hydroxyl groups excluding tert-OH is 2. The lowest BCUT2D eigenvalue weighted by atomic mass is 9.88. The van der Waals surface area contributed by atoms with Crippen molar-refractivity contribution in [3.8, 4) is 0 Å². The Balaban J connectivity index is 2.15. The van der Waals surface area contributed by atoms with Gasteiger partial charge in [-0.15, -0.1) is 0 Å². The third-order valence-corrected chi connectivity index (χ3v) is 4.47. The third-order valence-electron chi connectivity index (χ3n) is 2.99. The number of hydrogen-bond donors (Lipinski definition) is 5. The van der Waals surface area contributed by atoms with Crippen molar-refractivity contribution in [3.63, 3.8) is 0 Å². The van der Waals surface area contributed by atoms with Crippen molar-refractivity contribution in [2.24, 2.45) is 5.73 Å². The minimum atomic E-state index is -4.32. The van der Waals surface area contributed by atoms with Crippen LogP contribution in [0, 0.1) is 0 Å². The smallest absolute Gasteiger partial charge is 0.394 e. The Hall–Kier alpha value is -0.130. The van der Waals surface area contributed by atoms with E-state index in [1.807, 2.05) is 0 Å². The fraction of sp³-hybridized carbons (Fsp3) is 1.00. The summed E-state index contributed by atoms with van der Waals surface area (Å²) in [7, 11) is -4.32. The molecule has 0 aliphatic carbocycles. The molecule has 10 nitrogen and oxygen atoms in total. The molecular weight excluding hydrogens is 261 g/mol. The summed E-state index contributed by atoms with van der Waals surface area (Å²) in [5.74, 6) is -5.48. The molecule has 0 spiro atoms. The zero-order valence-electron chi connectivity index (χ0n) is 8.22. The number of hydrogen-bond acceptors (Lipinski definition) is 10. The second-order valence-electron chi connectivity index (χ2n) is 4.02. The maximum Gasteiger partial charge on any atom is 0.484 e. The number of nitrogens with two attached hydrogens (primary N) is 1. The summed E-state index contributed by atoms with van der Waals surface area (Å²) in [6.45, 7) is -0.765. The highest BCUT2D eigenvalue weighted by atomic mass is 31.2. The molecule has 6 N–H and O–H groups in total. The van der Waals surface area contributed by atoms with E-state index in [4.69, 9.17) is 15.6 Å². The van der Waals surface area contributed by atoms with Crippen LogP contribution >= 0.6 is 7.82 Å². The molecule has 98 valence electrons. The Kier molecular flexibility index (Phi) is 2.03. The molecule has 3 heterocycles.